The molecule has 1 fully saturated rings. The van der Waals surface area contributed by atoms with Crippen molar-refractivity contribution in [3.8, 4) is 0 Å². The molecule has 0 aliphatic carbocycles. The van der Waals surface area contributed by atoms with E-state index >= 15 is 0 Å². The van der Waals surface area contributed by atoms with Gasteiger partial charge in [-0.25, -0.2) is 4.98 Å². The number of nitrogens with zero attached hydrogens (tertiary/aromatic N) is 5. The molecule has 13 heteroatoms. The first-order valence-electron chi connectivity index (χ1n) is 12.3. The maximum atomic E-state index is 13.8. The number of fused-ring (bicyclic) bond motifs is 2. The highest BCUT2D eigenvalue weighted by molar-refractivity contribution is 6.34. The summed E-state index contributed by atoms with van der Waals surface area (Å²) in [5.41, 5.74) is 0.378. The number of aryl methyl sites for hydroxylation is 1. The summed E-state index contributed by atoms with van der Waals surface area (Å²) < 4.78 is 46.5. The maximum Gasteiger partial charge on any atom is 0.416 e. The van der Waals surface area contributed by atoms with Crippen molar-refractivity contribution in [1.29, 1.82) is 0 Å². The topological polar surface area (TPSA) is 69.2 Å². The Balaban J connectivity index is 0.00000420. The lowest BCUT2D eigenvalue weighted by Crippen LogP contribution is -2.52. The second kappa shape index (κ2) is 12.3. The van der Waals surface area contributed by atoms with Crippen LogP contribution in [-0.2, 0) is 20.5 Å². The molecule has 0 spiro atoms. The van der Waals surface area contributed by atoms with Gasteiger partial charge in [0.05, 0.1) is 35.2 Å². The second-order valence-corrected chi connectivity index (χ2v) is 10.3. The first-order valence-corrected chi connectivity index (χ1v) is 12.7. The van der Waals surface area contributed by atoms with Crippen molar-refractivity contribution in [2.24, 2.45) is 5.92 Å². The number of carbonyl (C=O) groups is 2. The number of carbonyl (C=O) groups excluding carboxylic acids is 2. The monoisotopic (exact) mass is 589 g/mol. The molecule has 0 bridgehead atoms. The number of para-hydroxylation sites is 1. The smallest absolute Gasteiger partial charge is 0.378 e. The number of pyridine rings is 1. The first kappa shape index (κ1) is 30.9. The van der Waals surface area contributed by atoms with Gasteiger partial charge in [-0.05, 0) is 45.3 Å². The van der Waals surface area contributed by atoms with Crippen molar-refractivity contribution in [2.45, 2.75) is 25.6 Å². The fourth-order valence-electron chi connectivity index (χ4n) is 4.99. The van der Waals surface area contributed by atoms with Crippen LogP contribution in [0.2, 0.25) is 5.02 Å². The third kappa shape index (κ3) is 6.59. The lowest BCUT2D eigenvalue weighted by atomic mass is 9.95. The number of hydrogen-bond acceptors (Lipinski definition) is 6. The Bertz CT molecular complexity index is 1210. The molecule has 39 heavy (non-hydrogen) atoms. The number of halogens is 5. The number of ether oxygens (including phenoxy) is 1. The Labute approximate surface area is 237 Å². The van der Waals surface area contributed by atoms with Crippen LogP contribution in [0, 0.1) is 12.8 Å². The fraction of sp³-hybridized carbons (Fsp3) is 0.500. The zero-order valence-corrected chi connectivity index (χ0v) is 23.7. The third-order valence-corrected chi connectivity index (χ3v) is 7.12. The summed E-state index contributed by atoms with van der Waals surface area (Å²) in [5, 5.41) is 0.449. The van der Waals surface area contributed by atoms with Gasteiger partial charge < -0.3 is 19.4 Å². The van der Waals surface area contributed by atoms with Gasteiger partial charge >= 0.3 is 6.18 Å². The number of amides is 2. The number of anilines is 3. The summed E-state index contributed by atoms with van der Waals surface area (Å²) >= 11 is 6.61. The van der Waals surface area contributed by atoms with E-state index < -0.39 is 35.5 Å². The summed E-state index contributed by atoms with van der Waals surface area (Å²) in [6.07, 6.45) is -4.63. The van der Waals surface area contributed by atoms with Crippen LogP contribution in [0.3, 0.4) is 0 Å². The Morgan fingerprint density at radius 1 is 1.18 bits per heavy atom. The van der Waals surface area contributed by atoms with Crippen molar-refractivity contribution in [3.05, 3.63) is 46.6 Å². The number of benzene rings is 1. The molecule has 8 nitrogen and oxygen atoms in total. The number of alkyl halides is 3. The first-order chi connectivity index (χ1) is 17.9. The van der Waals surface area contributed by atoms with Gasteiger partial charge in [-0.15, -0.1) is 12.4 Å². The van der Waals surface area contributed by atoms with E-state index in [1.165, 1.54) is 11.8 Å². The van der Waals surface area contributed by atoms with Crippen LogP contribution in [-0.4, -0.2) is 81.7 Å². The van der Waals surface area contributed by atoms with Crippen molar-refractivity contribution < 1.29 is 27.5 Å². The molecule has 214 valence electrons. The SMILES string of the molecule is Cc1cc(C(F)(F)F)cc(N2C(=O)C[C@@H]3CN(CCOCCN(C)C)c4c(Cl)cccc4N(C)C(=O)[C@H]32)n1.Cl. The molecular formula is C26H32Cl2F3N5O3. The van der Waals surface area contributed by atoms with E-state index in [1.54, 1.807) is 25.2 Å². The van der Waals surface area contributed by atoms with Crippen molar-refractivity contribution >= 4 is 53.0 Å². The molecular weight excluding hydrogens is 558 g/mol. The Morgan fingerprint density at radius 3 is 2.56 bits per heavy atom. The number of rotatable bonds is 7. The third-order valence-electron chi connectivity index (χ3n) is 6.81. The van der Waals surface area contributed by atoms with Crippen LogP contribution in [0.15, 0.2) is 30.3 Å². The molecule has 2 amide bonds. The molecule has 2 aliphatic heterocycles. The van der Waals surface area contributed by atoms with Gasteiger partial charge in [-0.3, -0.25) is 14.5 Å². The van der Waals surface area contributed by atoms with Crippen LogP contribution >= 0.6 is 24.0 Å². The van der Waals surface area contributed by atoms with Gasteiger partial charge in [0.15, 0.2) is 0 Å². The lowest BCUT2D eigenvalue weighted by Gasteiger charge is -2.39. The predicted octanol–water partition coefficient (Wildman–Crippen LogP) is 4.27. The number of aromatic nitrogens is 1. The molecule has 4 rings (SSSR count). The average Bonchev–Trinajstić information content (AvgIpc) is 3.15. The van der Waals surface area contributed by atoms with Crippen molar-refractivity contribution in [2.75, 3.05) is 68.7 Å². The molecule has 0 saturated carbocycles. The predicted molar refractivity (Wildman–Crippen MR) is 147 cm³/mol. The average molecular weight is 590 g/mol. The molecule has 1 saturated heterocycles. The van der Waals surface area contributed by atoms with Gasteiger partial charge in [0.1, 0.15) is 11.9 Å². The highest BCUT2D eigenvalue weighted by Gasteiger charge is 2.49. The quantitative estimate of drug-likeness (QED) is 0.449. The Kier molecular flexibility index (Phi) is 9.74. The minimum Gasteiger partial charge on any atom is -0.378 e. The molecule has 0 N–H and O–H groups in total. The van der Waals surface area contributed by atoms with Crippen LogP contribution < -0.4 is 14.7 Å². The van der Waals surface area contributed by atoms with E-state index in [-0.39, 0.29) is 36.9 Å². The maximum absolute atomic E-state index is 13.8. The molecule has 0 radical (unpaired) electrons. The van der Waals surface area contributed by atoms with Gasteiger partial charge in [-0.2, -0.15) is 13.2 Å². The molecule has 2 aliphatic rings. The molecule has 0 unspecified atom stereocenters. The number of hydrogen-bond donors (Lipinski definition) is 0. The van der Waals surface area contributed by atoms with E-state index in [0.717, 1.165) is 23.6 Å². The number of likely N-dealkylation sites (N-methyl/N-ethyl adjacent to an activating group) is 2. The van der Waals surface area contributed by atoms with Gasteiger partial charge in [-0.1, -0.05) is 17.7 Å². The zero-order valence-electron chi connectivity index (χ0n) is 22.2. The highest BCUT2D eigenvalue weighted by Crippen LogP contribution is 2.42. The highest BCUT2D eigenvalue weighted by atomic mass is 35.5. The van der Waals surface area contributed by atoms with E-state index in [9.17, 15) is 22.8 Å². The molecule has 3 heterocycles. The van der Waals surface area contributed by atoms with Crippen LogP contribution in [0.4, 0.5) is 30.4 Å². The summed E-state index contributed by atoms with van der Waals surface area (Å²) in [7, 11) is 5.49. The molecule has 2 aromatic rings. The minimum absolute atomic E-state index is 0. The van der Waals surface area contributed by atoms with Gasteiger partial charge in [0.25, 0.3) is 0 Å². The van der Waals surface area contributed by atoms with E-state index in [1.807, 2.05) is 23.9 Å². The lowest BCUT2D eigenvalue weighted by molar-refractivity contribution is -0.137. The van der Waals surface area contributed by atoms with Crippen molar-refractivity contribution in [3.63, 3.8) is 0 Å². The van der Waals surface area contributed by atoms with Gasteiger partial charge in [0.2, 0.25) is 11.8 Å². The minimum atomic E-state index is -4.62. The largest absolute Gasteiger partial charge is 0.416 e. The van der Waals surface area contributed by atoms with Crippen LogP contribution in [0.25, 0.3) is 0 Å². The summed E-state index contributed by atoms with van der Waals surface area (Å²) in [6.45, 7) is 3.85. The van der Waals surface area contributed by atoms with E-state index in [0.29, 0.717) is 36.2 Å². The van der Waals surface area contributed by atoms with Gasteiger partial charge in [0, 0.05) is 44.7 Å². The standard InChI is InChI=1S/C26H31ClF3N5O3.ClH/c1-16-12-18(26(28,29)30)14-21(31-16)35-22(36)13-17-15-34(9-11-38-10-8-32(2)3)24-19(27)6-5-7-20(24)33(4)25(37)23(17)35;/h5-7,12,14,17,23H,8-11,13,15H2,1-4H3;1H/t17-,23+;/m1./s1. The summed E-state index contributed by atoms with van der Waals surface area (Å²) in [4.78, 5) is 37.8. The fourth-order valence-corrected chi connectivity index (χ4v) is 5.28. The Hall–Kier alpha value is -2.60. The van der Waals surface area contributed by atoms with Crippen LogP contribution in [0.1, 0.15) is 17.7 Å². The van der Waals surface area contributed by atoms with E-state index in [2.05, 4.69) is 4.98 Å². The normalized spacial score (nSPS) is 19.6. The van der Waals surface area contributed by atoms with Crippen molar-refractivity contribution in [1.82, 2.24) is 9.88 Å². The van der Waals surface area contributed by atoms with E-state index in [4.69, 9.17) is 16.3 Å². The summed E-state index contributed by atoms with van der Waals surface area (Å²) in [5.74, 6) is -1.54. The second-order valence-electron chi connectivity index (χ2n) is 9.89. The molecule has 1 aromatic carbocycles. The molecule has 1 aromatic heterocycles. The molecule has 2 atom stereocenters. The summed E-state index contributed by atoms with van der Waals surface area (Å²) in [6, 6.07) is 5.95. The zero-order chi connectivity index (χ0) is 27.8. The van der Waals surface area contributed by atoms with Crippen LogP contribution in [0.5, 0.6) is 0 Å². The Morgan fingerprint density at radius 2 is 1.90 bits per heavy atom.